The number of hydrogen-bond donors (Lipinski definition) is 0. The number of aryl methyl sites for hydroxylation is 4. The van der Waals surface area contributed by atoms with Crippen LogP contribution in [0.15, 0.2) is 65.3 Å². The molecule has 2 aliphatic rings. The van der Waals surface area contributed by atoms with E-state index in [2.05, 4.69) is 169 Å². The topological polar surface area (TPSA) is 59.0 Å². The third-order valence-electron chi connectivity index (χ3n) is 15.9. The average Bonchev–Trinajstić information content (AvgIpc) is 3.83. The van der Waals surface area contributed by atoms with E-state index in [1.54, 1.807) is 0 Å². The molecule has 0 saturated heterocycles. The minimum atomic E-state index is -1.45. The molecule has 0 aliphatic heterocycles. The van der Waals surface area contributed by atoms with E-state index in [1.807, 2.05) is 0 Å². The van der Waals surface area contributed by atoms with Crippen LogP contribution in [0.2, 0.25) is 0 Å². The van der Waals surface area contributed by atoms with Crippen LogP contribution >= 0.6 is 16.3 Å². The van der Waals surface area contributed by atoms with Crippen molar-refractivity contribution in [3.05, 3.63) is 93.0 Å². The molecule has 0 atom stereocenters. The van der Waals surface area contributed by atoms with Crippen LogP contribution in [0.1, 0.15) is 230 Å². The monoisotopic (exact) mass is 1020 g/mol. The molecule has 8 heteroatoms. The number of unbranched alkanes of at least 4 members (excludes halogenated alkanes) is 3. The van der Waals surface area contributed by atoms with E-state index in [0.29, 0.717) is 12.1 Å². The summed E-state index contributed by atoms with van der Waals surface area (Å²) in [4.78, 5) is 0. The zero-order chi connectivity index (χ0) is 51.9. The molecular formula is C64H94N2O4P2. The summed E-state index contributed by atoms with van der Waals surface area (Å²) in [6.07, 6.45) is 19.7. The Balaban J connectivity index is 1.17. The Hall–Kier alpha value is -3.40. The first-order valence-electron chi connectivity index (χ1n) is 28.3. The van der Waals surface area contributed by atoms with E-state index in [4.69, 9.17) is 16.8 Å². The van der Waals surface area contributed by atoms with Gasteiger partial charge in [-0.2, -0.15) is 9.34 Å². The quantitative estimate of drug-likeness (QED) is 0.0952. The van der Waals surface area contributed by atoms with E-state index < -0.39 is 16.3 Å². The molecule has 2 fully saturated rings. The molecule has 0 bridgehead atoms. The number of fused-ring (bicyclic) bond motifs is 6. The van der Waals surface area contributed by atoms with Gasteiger partial charge in [0.05, 0.1) is 0 Å². The first-order chi connectivity index (χ1) is 33.9. The summed E-state index contributed by atoms with van der Waals surface area (Å²) >= 11 is 0. The van der Waals surface area contributed by atoms with Crippen LogP contribution in [0.4, 0.5) is 0 Å². The number of benzene rings is 4. The highest BCUT2D eigenvalue weighted by Gasteiger charge is 2.32. The van der Waals surface area contributed by atoms with Crippen LogP contribution in [0, 0.1) is 27.7 Å². The zero-order valence-electron chi connectivity index (χ0n) is 47.9. The third kappa shape index (κ3) is 12.5. The summed E-state index contributed by atoms with van der Waals surface area (Å²) in [6, 6.07) is 19.7. The van der Waals surface area contributed by atoms with Crippen molar-refractivity contribution >= 4 is 60.2 Å². The van der Waals surface area contributed by atoms with Crippen molar-refractivity contribution in [1.82, 2.24) is 0 Å². The Bertz CT molecular complexity index is 2570. The molecule has 0 unspecified atom stereocenters. The molecule has 6 aromatic rings. The summed E-state index contributed by atoms with van der Waals surface area (Å²) in [7, 11) is -2.90. The molecule has 0 N–H and O–H groups in total. The minimum absolute atomic E-state index is 0.0984. The Morgan fingerprint density at radius 1 is 0.361 bits per heavy atom. The molecular weight excluding hydrogens is 923 g/mol. The van der Waals surface area contributed by atoms with Gasteiger partial charge in [-0.1, -0.05) is 172 Å². The smallest absolute Gasteiger partial charge is 0.309 e. The Morgan fingerprint density at radius 3 is 0.819 bits per heavy atom. The zero-order valence-corrected chi connectivity index (χ0v) is 49.7. The first kappa shape index (κ1) is 54.8. The Kier molecular flexibility index (Phi) is 16.8. The van der Waals surface area contributed by atoms with Gasteiger partial charge in [0.15, 0.2) is 0 Å². The van der Waals surface area contributed by atoms with Crippen molar-refractivity contribution in [2.45, 2.75) is 247 Å². The van der Waals surface area contributed by atoms with Gasteiger partial charge in [0.1, 0.15) is 22.3 Å². The molecule has 2 aliphatic carbocycles. The van der Waals surface area contributed by atoms with Gasteiger partial charge in [-0.15, -0.1) is 0 Å². The summed E-state index contributed by atoms with van der Waals surface area (Å²) < 4.78 is 35.6. The lowest BCUT2D eigenvalue weighted by molar-refractivity contribution is 0.491. The molecule has 6 nitrogen and oxygen atoms in total. The number of nitrogens with zero attached hydrogens (tertiary/aromatic N) is 2. The first-order valence-corrected chi connectivity index (χ1v) is 30.6. The highest BCUT2D eigenvalue weighted by molar-refractivity contribution is 7.39. The predicted octanol–water partition coefficient (Wildman–Crippen LogP) is 20.9. The highest BCUT2D eigenvalue weighted by atomic mass is 31.1. The summed E-state index contributed by atoms with van der Waals surface area (Å²) in [5.74, 6) is 0. The highest BCUT2D eigenvalue weighted by Crippen LogP contribution is 2.48. The standard InChI is InChI=1S/C64H94N2O4P2/c1-43-35-49-50-36-44(2)40-54(62(8,9)10)58(50)68-71(67-57(49)53(39-43)61(5,6)7)65(47-29-23-17-18-24-30-47)33-27-21-22-28-34-66(48-31-25-19-20-26-32-48)72-69-59-51(37-45(3)41-55(59)63(11,12)13)52-38-46(4)42-56(60(52)70-72)64(14,15)16/h35-42,47-48H,17-34H2,1-16H3. The molecule has 8 rings (SSSR count). The maximum Gasteiger partial charge on any atom is 0.309 e. The lowest BCUT2D eigenvalue weighted by Gasteiger charge is -2.29. The van der Waals surface area contributed by atoms with Crippen LogP contribution in [-0.2, 0) is 21.7 Å². The van der Waals surface area contributed by atoms with Crippen LogP contribution < -0.4 is 9.34 Å². The van der Waals surface area contributed by atoms with Gasteiger partial charge in [0.25, 0.3) is 0 Å². The minimum Gasteiger partial charge on any atom is -0.407 e. The van der Waals surface area contributed by atoms with Crippen molar-refractivity contribution in [3.63, 3.8) is 0 Å². The van der Waals surface area contributed by atoms with E-state index in [1.165, 1.54) is 143 Å². The fraction of sp³-hybridized carbons (Fsp3) is 0.625. The van der Waals surface area contributed by atoms with Crippen molar-refractivity contribution < 1.29 is 16.8 Å². The van der Waals surface area contributed by atoms with E-state index >= 15 is 0 Å². The lowest BCUT2D eigenvalue weighted by Crippen LogP contribution is -2.34. The van der Waals surface area contributed by atoms with E-state index in [9.17, 15) is 0 Å². The molecule has 394 valence electrons. The van der Waals surface area contributed by atoms with Gasteiger partial charge in [0.2, 0.25) is 0 Å². The molecule has 2 aromatic heterocycles. The van der Waals surface area contributed by atoms with Crippen molar-refractivity contribution in [2.24, 2.45) is 0 Å². The normalized spacial score (nSPS) is 16.4. The molecule has 72 heavy (non-hydrogen) atoms. The second-order valence-corrected chi connectivity index (χ2v) is 29.3. The molecule has 0 radical (unpaired) electrons. The molecule has 2 saturated carbocycles. The van der Waals surface area contributed by atoms with Gasteiger partial charge in [-0.05, 0) is 134 Å². The van der Waals surface area contributed by atoms with Gasteiger partial charge < -0.3 is 16.8 Å². The van der Waals surface area contributed by atoms with Crippen LogP contribution in [0.5, 0.6) is 0 Å². The van der Waals surface area contributed by atoms with E-state index in [-0.39, 0.29) is 21.7 Å². The summed E-state index contributed by atoms with van der Waals surface area (Å²) in [6.45, 7) is 38.9. The molecule has 4 aromatic carbocycles. The van der Waals surface area contributed by atoms with Crippen LogP contribution in [-0.4, -0.2) is 25.2 Å². The van der Waals surface area contributed by atoms with Crippen LogP contribution in [0.3, 0.4) is 0 Å². The Morgan fingerprint density at radius 2 is 0.597 bits per heavy atom. The van der Waals surface area contributed by atoms with E-state index in [0.717, 1.165) is 61.1 Å². The largest absolute Gasteiger partial charge is 0.407 e. The van der Waals surface area contributed by atoms with Gasteiger partial charge >= 0.3 is 16.3 Å². The fourth-order valence-corrected chi connectivity index (χ4v) is 15.4. The molecule has 0 amide bonds. The maximum atomic E-state index is 7.54. The lowest BCUT2D eigenvalue weighted by atomic mass is 9.83. The van der Waals surface area contributed by atoms with Crippen molar-refractivity contribution in [2.75, 3.05) is 22.4 Å². The van der Waals surface area contributed by atoms with Gasteiger partial charge in [0, 0.05) is 69.0 Å². The predicted molar refractivity (Wildman–Crippen MR) is 314 cm³/mol. The van der Waals surface area contributed by atoms with Gasteiger partial charge in [-0.25, -0.2) is 0 Å². The van der Waals surface area contributed by atoms with Crippen molar-refractivity contribution in [3.8, 4) is 0 Å². The third-order valence-corrected chi connectivity index (χ3v) is 19.1. The van der Waals surface area contributed by atoms with Gasteiger partial charge in [-0.3, -0.25) is 0 Å². The second-order valence-electron chi connectivity index (χ2n) is 26.6. The van der Waals surface area contributed by atoms with Crippen molar-refractivity contribution in [1.29, 1.82) is 0 Å². The summed E-state index contributed by atoms with van der Waals surface area (Å²) in [5.41, 5.74) is 13.8. The fourth-order valence-electron chi connectivity index (χ4n) is 11.9. The SMILES string of the molecule is Cc1cc(C(C)(C)C)c2op(N(CCCCCCN(C3CCCCCC3)p3oc4c(C(C)(C)C)cc(C)cc4c4cc(C)cc(C(C)(C)C)c4o3)C3CCCCCC3)oc3c(C(C)(C)C)cc(C)cc3c2c1. The average molecular weight is 1020 g/mol. The summed E-state index contributed by atoms with van der Waals surface area (Å²) in [5, 5.41) is 4.71. The number of rotatable bonds is 11. The van der Waals surface area contributed by atoms with Crippen LogP contribution in [0.25, 0.3) is 43.9 Å². The second kappa shape index (κ2) is 22.1. The maximum absolute atomic E-state index is 7.54. The number of hydrogen-bond acceptors (Lipinski definition) is 6. The molecule has 0 spiro atoms. The molecule has 2 heterocycles. The Labute approximate surface area is 437 Å².